The molecule has 4 heteroatoms. The maximum absolute atomic E-state index is 5.83. The van der Waals surface area contributed by atoms with E-state index in [-0.39, 0.29) is 5.41 Å². The molecule has 0 aliphatic carbocycles. The summed E-state index contributed by atoms with van der Waals surface area (Å²) in [5.74, 6) is 1.97. The normalized spacial score (nSPS) is 11.3. The van der Waals surface area contributed by atoms with Crippen LogP contribution >= 0.6 is 0 Å². The minimum Gasteiger partial charge on any atom is -0.493 e. The molecule has 0 spiro atoms. The monoisotopic (exact) mass is 267 g/mol. The second-order valence-corrected chi connectivity index (χ2v) is 5.69. The van der Waals surface area contributed by atoms with Crippen molar-refractivity contribution in [3.8, 4) is 17.2 Å². The van der Waals surface area contributed by atoms with Gasteiger partial charge < -0.3 is 19.9 Å². The first-order valence-corrected chi connectivity index (χ1v) is 6.49. The first-order chi connectivity index (χ1) is 8.91. The Balaban J connectivity index is 2.91. The molecular formula is C15H25NO3. The molecule has 0 atom stereocenters. The molecule has 0 radical (unpaired) electrons. The molecule has 0 bridgehead atoms. The third kappa shape index (κ3) is 4.63. The van der Waals surface area contributed by atoms with E-state index in [0.29, 0.717) is 30.4 Å². The molecule has 1 aromatic rings. The quantitative estimate of drug-likeness (QED) is 0.861. The summed E-state index contributed by atoms with van der Waals surface area (Å²) < 4.78 is 16.5. The van der Waals surface area contributed by atoms with Gasteiger partial charge in [-0.3, -0.25) is 0 Å². The van der Waals surface area contributed by atoms with E-state index in [1.54, 1.807) is 14.2 Å². The van der Waals surface area contributed by atoms with Crippen molar-refractivity contribution in [1.29, 1.82) is 0 Å². The number of methoxy groups -OCH3 is 2. The summed E-state index contributed by atoms with van der Waals surface area (Å²) >= 11 is 0. The standard InChI is InChI=1S/C15H25NO3/c1-15(2,3)6-7-19-14-12(17-4)8-11(10-16)9-13(14)18-5/h8-9H,6-7,10,16H2,1-5H3. The number of hydrogen-bond donors (Lipinski definition) is 1. The lowest BCUT2D eigenvalue weighted by Gasteiger charge is -2.20. The molecule has 4 nitrogen and oxygen atoms in total. The van der Waals surface area contributed by atoms with Crippen LogP contribution in [0.1, 0.15) is 32.8 Å². The van der Waals surface area contributed by atoms with Crippen LogP contribution in [0.5, 0.6) is 17.2 Å². The van der Waals surface area contributed by atoms with Crippen molar-refractivity contribution in [2.75, 3.05) is 20.8 Å². The average Bonchev–Trinajstić information content (AvgIpc) is 2.37. The lowest BCUT2D eigenvalue weighted by Crippen LogP contribution is -2.12. The summed E-state index contributed by atoms with van der Waals surface area (Å²) in [6.07, 6.45) is 0.956. The van der Waals surface area contributed by atoms with E-state index in [1.807, 2.05) is 12.1 Å². The molecule has 0 aromatic heterocycles. The minimum atomic E-state index is 0.234. The molecule has 0 heterocycles. The van der Waals surface area contributed by atoms with E-state index < -0.39 is 0 Å². The van der Waals surface area contributed by atoms with E-state index in [1.165, 1.54) is 0 Å². The second-order valence-electron chi connectivity index (χ2n) is 5.69. The van der Waals surface area contributed by atoms with Gasteiger partial charge in [-0.05, 0) is 29.5 Å². The van der Waals surface area contributed by atoms with E-state index in [2.05, 4.69) is 20.8 Å². The van der Waals surface area contributed by atoms with Crippen molar-refractivity contribution < 1.29 is 14.2 Å². The Bertz CT molecular complexity index is 385. The van der Waals surface area contributed by atoms with Gasteiger partial charge in [-0.1, -0.05) is 20.8 Å². The zero-order valence-electron chi connectivity index (χ0n) is 12.6. The zero-order chi connectivity index (χ0) is 14.5. The smallest absolute Gasteiger partial charge is 0.203 e. The largest absolute Gasteiger partial charge is 0.493 e. The van der Waals surface area contributed by atoms with Gasteiger partial charge in [-0.25, -0.2) is 0 Å². The van der Waals surface area contributed by atoms with E-state index in [9.17, 15) is 0 Å². The molecular weight excluding hydrogens is 242 g/mol. The molecule has 0 aliphatic heterocycles. The highest BCUT2D eigenvalue weighted by Gasteiger charge is 2.16. The van der Waals surface area contributed by atoms with Crippen LogP contribution in [0.3, 0.4) is 0 Å². The number of benzene rings is 1. The maximum Gasteiger partial charge on any atom is 0.203 e. The highest BCUT2D eigenvalue weighted by Crippen LogP contribution is 2.38. The molecule has 0 amide bonds. The van der Waals surface area contributed by atoms with Gasteiger partial charge in [0, 0.05) is 6.54 Å². The van der Waals surface area contributed by atoms with Gasteiger partial charge in [0.25, 0.3) is 0 Å². The number of nitrogens with two attached hydrogens (primary N) is 1. The lowest BCUT2D eigenvalue weighted by atomic mass is 9.93. The highest BCUT2D eigenvalue weighted by molar-refractivity contribution is 5.53. The summed E-state index contributed by atoms with van der Waals surface area (Å²) in [5.41, 5.74) is 6.84. The fourth-order valence-electron chi connectivity index (χ4n) is 1.65. The van der Waals surface area contributed by atoms with Crippen LogP contribution in [0.25, 0.3) is 0 Å². The lowest BCUT2D eigenvalue weighted by molar-refractivity contribution is 0.225. The van der Waals surface area contributed by atoms with Crippen LogP contribution in [0.4, 0.5) is 0 Å². The molecule has 0 saturated heterocycles. The minimum absolute atomic E-state index is 0.234. The Morgan fingerprint density at radius 1 is 1.05 bits per heavy atom. The Morgan fingerprint density at radius 3 is 1.95 bits per heavy atom. The van der Waals surface area contributed by atoms with Crippen molar-refractivity contribution >= 4 is 0 Å². The van der Waals surface area contributed by atoms with Crippen molar-refractivity contribution in [1.82, 2.24) is 0 Å². The van der Waals surface area contributed by atoms with Crippen LogP contribution < -0.4 is 19.9 Å². The fourth-order valence-corrected chi connectivity index (χ4v) is 1.65. The highest BCUT2D eigenvalue weighted by atomic mass is 16.5. The molecule has 19 heavy (non-hydrogen) atoms. The Kier molecular flexibility index (Phi) is 5.48. The van der Waals surface area contributed by atoms with Crippen LogP contribution in [-0.4, -0.2) is 20.8 Å². The van der Waals surface area contributed by atoms with E-state index >= 15 is 0 Å². The predicted octanol–water partition coefficient (Wildman–Crippen LogP) is 2.98. The average molecular weight is 267 g/mol. The Labute approximate surface area is 115 Å². The van der Waals surface area contributed by atoms with Crippen molar-refractivity contribution in [2.45, 2.75) is 33.7 Å². The second kappa shape index (κ2) is 6.66. The maximum atomic E-state index is 5.83. The molecule has 0 saturated carbocycles. The molecule has 0 aliphatic rings. The zero-order valence-corrected chi connectivity index (χ0v) is 12.6. The molecule has 0 unspecified atom stereocenters. The van der Waals surface area contributed by atoms with Crippen molar-refractivity contribution in [3.63, 3.8) is 0 Å². The Morgan fingerprint density at radius 2 is 1.58 bits per heavy atom. The van der Waals surface area contributed by atoms with Crippen LogP contribution in [0.15, 0.2) is 12.1 Å². The van der Waals surface area contributed by atoms with Crippen molar-refractivity contribution in [3.05, 3.63) is 17.7 Å². The van der Waals surface area contributed by atoms with Gasteiger partial charge in [0.15, 0.2) is 11.5 Å². The van der Waals surface area contributed by atoms with Gasteiger partial charge in [-0.2, -0.15) is 0 Å². The SMILES string of the molecule is COc1cc(CN)cc(OC)c1OCCC(C)(C)C. The summed E-state index contributed by atoms with van der Waals surface area (Å²) in [6, 6.07) is 3.77. The van der Waals surface area contributed by atoms with Crippen LogP contribution in [0, 0.1) is 5.41 Å². The summed E-state index contributed by atoms with van der Waals surface area (Å²) in [6.45, 7) is 7.61. The van der Waals surface area contributed by atoms with Crippen molar-refractivity contribution in [2.24, 2.45) is 11.1 Å². The van der Waals surface area contributed by atoms with Gasteiger partial charge >= 0.3 is 0 Å². The van der Waals surface area contributed by atoms with E-state index in [0.717, 1.165) is 12.0 Å². The fraction of sp³-hybridized carbons (Fsp3) is 0.600. The van der Waals surface area contributed by atoms with Gasteiger partial charge in [-0.15, -0.1) is 0 Å². The van der Waals surface area contributed by atoms with Gasteiger partial charge in [0.05, 0.1) is 20.8 Å². The van der Waals surface area contributed by atoms with Crippen LogP contribution in [-0.2, 0) is 6.54 Å². The van der Waals surface area contributed by atoms with E-state index in [4.69, 9.17) is 19.9 Å². The first kappa shape index (κ1) is 15.6. The van der Waals surface area contributed by atoms with Gasteiger partial charge in [0.1, 0.15) is 0 Å². The molecule has 0 fully saturated rings. The third-order valence-electron chi connectivity index (χ3n) is 2.85. The number of ether oxygens (including phenoxy) is 3. The molecule has 1 aromatic carbocycles. The summed E-state index contributed by atoms with van der Waals surface area (Å²) in [4.78, 5) is 0. The number of hydrogen-bond acceptors (Lipinski definition) is 4. The third-order valence-corrected chi connectivity index (χ3v) is 2.85. The number of rotatable bonds is 6. The summed E-state index contributed by atoms with van der Waals surface area (Å²) in [5, 5.41) is 0. The summed E-state index contributed by atoms with van der Waals surface area (Å²) in [7, 11) is 3.23. The molecule has 2 N–H and O–H groups in total. The Hall–Kier alpha value is -1.42. The topological polar surface area (TPSA) is 53.7 Å². The van der Waals surface area contributed by atoms with Crippen LogP contribution in [0.2, 0.25) is 0 Å². The predicted molar refractivity (Wildman–Crippen MR) is 77.0 cm³/mol. The molecule has 108 valence electrons. The van der Waals surface area contributed by atoms with Gasteiger partial charge in [0.2, 0.25) is 5.75 Å². The first-order valence-electron chi connectivity index (χ1n) is 6.49. The molecule has 1 rings (SSSR count).